The SMILES string of the molecule is NC1=CC(=O)C(N=Nc2ccc(N=Nc3c(S(=O)(=O)O)cc4c(c3N)C(=O)/C(=N/Nc3ccccc3)C(S(=O)(=O)O)=C4)cc2)=C/C1=N/Nc1ccc(S(=O)(=O)O)cc1. The van der Waals surface area contributed by atoms with Crippen molar-refractivity contribution in [3.63, 3.8) is 0 Å². The molecule has 0 unspecified atom stereocenters. The van der Waals surface area contributed by atoms with Gasteiger partial charge in [-0.25, -0.2) is 0 Å². The number of hydrazone groups is 2. The number of allylic oxidation sites excluding steroid dienone is 3. The second-order valence-electron chi connectivity index (χ2n) is 11.8. The Morgan fingerprint density at radius 3 is 1.78 bits per heavy atom. The number of Topliss-reactive ketones (excluding diaryl/α,β-unsaturated/α-hetero) is 1. The smallest absolute Gasteiger partial charge is 0.296 e. The average molecular weight is 847 g/mol. The number of nitrogen functional groups attached to an aromatic ring is 1. The predicted octanol–water partition coefficient (Wildman–Crippen LogP) is 4.93. The lowest BCUT2D eigenvalue weighted by Gasteiger charge is -2.20. The molecule has 21 nitrogen and oxygen atoms in total. The fraction of sp³-hybridized carbons (Fsp3) is 0. The van der Waals surface area contributed by atoms with E-state index in [4.69, 9.17) is 16.0 Å². The van der Waals surface area contributed by atoms with Crippen LogP contribution in [-0.2, 0) is 35.1 Å². The molecule has 4 aromatic rings. The van der Waals surface area contributed by atoms with Crippen molar-refractivity contribution in [3.05, 3.63) is 125 Å². The summed E-state index contributed by atoms with van der Waals surface area (Å²) in [6.45, 7) is 0. The van der Waals surface area contributed by atoms with Crippen molar-refractivity contribution in [1.82, 2.24) is 0 Å². The van der Waals surface area contributed by atoms with Crippen molar-refractivity contribution in [1.29, 1.82) is 0 Å². The lowest BCUT2D eigenvalue weighted by atomic mass is 9.92. The number of hydrogen-bond donors (Lipinski definition) is 7. The molecule has 6 rings (SSSR count). The summed E-state index contributed by atoms with van der Waals surface area (Å²) in [5.74, 6) is -1.72. The highest BCUT2D eigenvalue weighted by atomic mass is 32.2. The molecule has 0 atom stereocenters. The van der Waals surface area contributed by atoms with Gasteiger partial charge in [0.05, 0.1) is 44.6 Å². The second kappa shape index (κ2) is 15.8. The molecule has 0 saturated carbocycles. The molecule has 2 aliphatic carbocycles. The predicted molar refractivity (Wildman–Crippen MR) is 210 cm³/mol. The zero-order valence-electron chi connectivity index (χ0n) is 29.0. The summed E-state index contributed by atoms with van der Waals surface area (Å²) >= 11 is 0. The molecule has 296 valence electrons. The third-order valence-corrected chi connectivity index (χ3v) is 10.5. The van der Waals surface area contributed by atoms with E-state index in [0.29, 0.717) is 11.4 Å². The van der Waals surface area contributed by atoms with Crippen molar-refractivity contribution in [2.45, 2.75) is 9.79 Å². The third-order valence-electron chi connectivity index (χ3n) is 7.88. The zero-order chi connectivity index (χ0) is 42.0. The number of nitrogens with two attached hydrogens (primary N) is 2. The topological polar surface area (TPSA) is 348 Å². The molecule has 0 amide bonds. The first-order valence-electron chi connectivity index (χ1n) is 15.9. The Morgan fingerprint density at radius 1 is 0.603 bits per heavy atom. The average Bonchev–Trinajstić information content (AvgIpc) is 3.16. The van der Waals surface area contributed by atoms with Crippen LogP contribution in [0.3, 0.4) is 0 Å². The maximum absolute atomic E-state index is 13.7. The number of fused-ring (bicyclic) bond motifs is 1. The summed E-state index contributed by atoms with van der Waals surface area (Å²) in [6.07, 6.45) is 3.08. The van der Waals surface area contributed by atoms with Crippen LogP contribution >= 0.6 is 0 Å². The first kappa shape index (κ1) is 40.6. The number of carbonyl (C=O) groups is 2. The molecule has 24 heteroatoms. The Balaban J connectivity index is 1.25. The largest absolute Gasteiger partial charge is 0.397 e. The number of rotatable bonds is 11. The molecular formula is C34H26N10O11S3. The maximum atomic E-state index is 13.7. The van der Waals surface area contributed by atoms with E-state index in [1.54, 1.807) is 30.3 Å². The minimum atomic E-state index is -5.13. The van der Waals surface area contributed by atoms with E-state index in [9.17, 15) is 43.9 Å². The van der Waals surface area contributed by atoms with Crippen LogP contribution in [0.25, 0.3) is 6.08 Å². The van der Waals surface area contributed by atoms with Gasteiger partial charge in [-0.2, -0.15) is 45.7 Å². The number of nitrogens with zero attached hydrogens (tertiary/aromatic N) is 6. The van der Waals surface area contributed by atoms with Crippen LogP contribution < -0.4 is 22.3 Å². The number of nitrogens with one attached hydrogen (secondary N) is 2. The van der Waals surface area contributed by atoms with E-state index < -0.39 is 74.4 Å². The second-order valence-corrected chi connectivity index (χ2v) is 16.0. The molecule has 0 aromatic heterocycles. The van der Waals surface area contributed by atoms with Crippen molar-refractivity contribution < 1.29 is 48.5 Å². The van der Waals surface area contributed by atoms with Crippen LogP contribution in [0.15, 0.2) is 154 Å². The summed E-state index contributed by atoms with van der Waals surface area (Å²) in [5, 5.41) is 23.8. The van der Waals surface area contributed by atoms with E-state index in [0.717, 1.165) is 30.4 Å². The molecule has 0 radical (unpaired) electrons. The number of ketones is 2. The van der Waals surface area contributed by atoms with Crippen LogP contribution in [0.2, 0.25) is 0 Å². The highest BCUT2D eigenvalue weighted by molar-refractivity contribution is 7.91. The summed E-state index contributed by atoms with van der Waals surface area (Å²) in [5.41, 5.74) is 15.3. The lowest BCUT2D eigenvalue weighted by Crippen LogP contribution is -2.28. The number of azo groups is 2. The van der Waals surface area contributed by atoms with Gasteiger partial charge < -0.3 is 11.5 Å². The molecule has 0 aliphatic heterocycles. The van der Waals surface area contributed by atoms with E-state index in [1.165, 1.54) is 42.5 Å². The number of carbonyl (C=O) groups excluding carboxylic acids is 2. The number of benzene rings is 4. The van der Waals surface area contributed by atoms with Gasteiger partial charge in [0.2, 0.25) is 11.6 Å². The highest BCUT2D eigenvalue weighted by Gasteiger charge is 2.37. The van der Waals surface area contributed by atoms with Crippen LogP contribution in [0, 0.1) is 0 Å². The van der Waals surface area contributed by atoms with Crippen molar-refractivity contribution in [2.75, 3.05) is 16.6 Å². The van der Waals surface area contributed by atoms with Gasteiger partial charge in [-0.15, -0.1) is 10.2 Å². The summed E-state index contributed by atoms with van der Waals surface area (Å²) in [7, 11) is -14.6. The van der Waals surface area contributed by atoms with Crippen LogP contribution in [-0.4, -0.2) is 61.9 Å². The Kier molecular flexibility index (Phi) is 11.1. The molecule has 4 aromatic carbocycles. The zero-order valence-corrected chi connectivity index (χ0v) is 31.4. The molecular weight excluding hydrogens is 821 g/mol. The number of para-hydroxylation sites is 1. The fourth-order valence-electron chi connectivity index (χ4n) is 5.11. The number of anilines is 3. The first-order valence-corrected chi connectivity index (χ1v) is 20.3. The fourth-order valence-corrected chi connectivity index (χ4v) is 6.92. The summed E-state index contributed by atoms with van der Waals surface area (Å²) < 4.78 is 101. The Labute approximate surface area is 328 Å². The van der Waals surface area contributed by atoms with Gasteiger partial charge in [0.25, 0.3) is 30.4 Å². The minimum absolute atomic E-state index is 0.00485. The van der Waals surface area contributed by atoms with Crippen molar-refractivity contribution in [3.8, 4) is 0 Å². The van der Waals surface area contributed by atoms with Gasteiger partial charge in [0, 0.05) is 6.08 Å². The van der Waals surface area contributed by atoms with Gasteiger partial charge in [-0.1, -0.05) is 18.2 Å². The number of hydrogen-bond acceptors (Lipinski definition) is 18. The molecule has 58 heavy (non-hydrogen) atoms. The lowest BCUT2D eigenvalue weighted by molar-refractivity contribution is -0.111. The summed E-state index contributed by atoms with van der Waals surface area (Å²) in [4.78, 5) is 24.0. The van der Waals surface area contributed by atoms with Crippen molar-refractivity contribution in [2.24, 2.45) is 36.4 Å². The van der Waals surface area contributed by atoms with Gasteiger partial charge in [-0.3, -0.25) is 34.1 Å². The molecule has 2 aliphatic rings. The minimum Gasteiger partial charge on any atom is -0.397 e. The molecule has 0 spiro atoms. The molecule has 0 fully saturated rings. The summed E-state index contributed by atoms with van der Waals surface area (Å²) in [6, 6.07) is 19.3. The Bertz CT molecular complexity index is 2940. The van der Waals surface area contributed by atoms with Crippen molar-refractivity contribution >= 4 is 93.5 Å². The Hall–Kier alpha value is -7.09. The van der Waals surface area contributed by atoms with E-state index in [-0.39, 0.29) is 38.9 Å². The maximum Gasteiger partial charge on any atom is 0.296 e. The standard InChI is InChI=1S/C34H26N10O11S3/c35-24-16-27(45)26(17-25(24)41-37-22-10-12-23(13-11-22)56(47,48)49)42-38-20-6-8-21(9-7-20)40-43-32-28(57(50,51)52)14-18-15-29(58(53,54)55)33(34(46)30(18)31(32)36)44-39-19-4-2-1-3-5-19/h1-17,37,39H,35-36H2,(H,47,48,49)(H,50,51,52)(H,53,54,55)/b41-25-,42-38?,43-40?,44-33+. The van der Waals surface area contributed by atoms with E-state index in [1.807, 2.05) is 0 Å². The van der Waals surface area contributed by atoms with Crippen LogP contribution in [0.4, 0.5) is 34.1 Å². The van der Waals surface area contributed by atoms with E-state index >= 15 is 0 Å². The normalized spacial score (nSPS) is 16.4. The van der Waals surface area contributed by atoms with Gasteiger partial charge in [0.1, 0.15) is 26.9 Å². The van der Waals surface area contributed by atoms with Crippen LogP contribution in [0.5, 0.6) is 0 Å². The Morgan fingerprint density at radius 2 is 1.19 bits per heavy atom. The monoisotopic (exact) mass is 846 g/mol. The molecule has 0 bridgehead atoms. The molecule has 9 N–H and O–H groups in total. The van der Waals surface area contributed by atoms with Gasteiger partial charge in [-0.05, 0) is 84.4 Å². The van der Waals surface area contributed by atoms with E-state index in [2.05, 4.69) is 41.5 Å². The quantitative estimate of drug-likeness (QED) is 0.0346. The van der Waals surface area contributed by atoms with Gasteiger partial charge in [0.15, 0.2) is 5.71 Å². The van der Waals surface area contributed by atoms with Crippen LogP contribution in [0.1, 0.15) is 15.9 Å². The highest BCUT2D eigenvalue weighted by Crippen LogP contribution is 2.41. The molecule has 0 heterocycles. The molecule has 0 saturated heterocycles. The first-order chi connectivity index (χ1) is 27.3. The van der Waals surface area contributed by atoms with Gasteiger partial charge >= 0.3 is 0 Å². The third kappa shape index (κ3) is 9.13.